The van der Waals surface area contributed by atoms with Crippen molar-refractivity contribution >= 4 is 31.7 Å². The van der Waals surface area contributed by atoms with E-state index in [-0.39, 0.29) is 12.4 Å². The average Bonchev–Trinajstić information content (AvgIpc) is 3.13. The predicted molar refractivity (Wildman–Crippen MR) is 113 cm³/mol. The van der Waals surface area contributed by atoms with E-state index in [2.05, 4.69) is 16.9 Å². The van der Waals surface area contributed by atoms with Gasteiger partial charge in [-0.15, -0.1) is 0 Å². The first kappa shape index (κ1) is 21.4. The van der Waals surface area contributed by atoms with E-state index in [1.165, 1.54) is 0 Å². The first-order valence-corrected chi connectivity index (χ1v) is 12.4. The summed E-state index contributed by atoms with van der Waals surface area (Å²) in [6, 6.07) is 9.28. The number of primary sulfonamides is 1. The lowest BCUT2D eigenvalue weighted by Gasteiger charge is -2.09. The van der Waals surface area contributed by atoms with Gasteiger partial charge >= 0.3 is 0 Å². The highest BCUT2D eigenvalue weighted by Crippen LogP contribution is 2.28. The Morgan fingerprint density at radius 1 is 1.21 bits per heavy atom. The van der Waals surface area contributed by atoms with Crippen LogP contribution in [0.2, 0.25) is 0 Å². The molecule has 0 amide bonds. The zero-order chi connectivity index (χ0) is 20.9. The number of ether oxygens (including phenoxy) is 1. The number of nitrogens with zero attached hydrogens (tertiary/aromatic N) is 3. The van der Waals surface area contributed by atoms with Crippen LogP contribution in [0.4, 0.5) is 0 Å². The first-order valence-electron chi connectivity index (χ1n) is 9.34. The largest absolute Gasteiger partial charge is 0.493 e. The zero-order valence-corrected chi connectivity index (χ0v) is 17.8. The molecule has 29 heavy (non-hydrogen) atoms. The molecule has 1 atom stereocenters. The van der Waals surface area contributed by atoms with Crippen molar-refractivity contribution in [3.05, 3.63) is 42.7 Å². The second-order valence-corrected chi connectivity index (χ2v) is 9.74. The van der Waals surface area contributed by atoms with E-state index in [4.69, 9.17) is 9.88 Å². The van der Waals surface area contributed by atoms with Crippen molar-refractivity contribution in [1.29, 1.82) is 0 Å². The second-order valence-electron chi connectivity index (χ2n) is 6.54. The summed E-state index contributed by atoms with van der Waals surface area (Å²) < 4.78 is 42.1. The number of sulfonamides is 1. The number of unbranched alkanes of at least 4 members (excludes halogenated alkanes) is 1. The van der Waals surface area contributed by atoms with Crippen molar-refractivity contribution in [2.75, 3.05) is 18.1 Å². The summed E-state index contributed by atoms with van der Waals surface area (Å²) in [5.74, 6) is 1.70. The maximum atomic E-state index is 12.4. The van der Waals surface area contributed by atoms with Crippen LogP contribution in [0, 0.1) is 0 Å². The molecule has 8 nitrogen and oxygen atoms in total. The van der Waals surface area contributed by atoms with Crippen molar-refractivity contribution < 1.29 is 17.4 Å². The van der Waals surface area contributed by atoms with E-state index in [1.54, 1.807) is 12.3 Å². The minimum atomic E-state index is -3.49. The number of nitrogens with two attached hydrogens (primary N) is 1. The fourth-order valence-electron chi connectivity index (χ4n) is 2.85. The Balaban J connectivity index is 1.82. The molecule has 3 aromatic rings. The highest BCUT2D eigenvalue weighted by atomic mass is 32.2. The Hall–Kier alpha value is -2.30. The van der Waals surface area contributed by atoms with Gasteiger partial charge in [0.05, 0.1) is 28.7 Å². The predicted octanol–water partition coefficient (Wildman–Crippen LogP) is 2.39. The summed E-state index contributed by atoms with van der Waals surface area (Å²) in [6.45, 7) is 2.30. The highest BCUT2D eigenvalue weighted by Gasteiger charge is 2.12. The van der Waals surface area contributed by atoms with Crippen LogP contribution in [0.3, 0.4) is 0 Å². The summed E-state index contributed by atoms with van der Waals surface area (Å²) in [7, 11) is -4.72. The lowest BCUT2D eigenvalue weighted by molar-refractivity contribution is 0.321. The number of hydrogen-bond donors (Lipinski definition) is 1. The van der Waals surface area contributed by atoms with E-state index in [0.717, 1.165) is 23.7 Å². The molecule has 0 spiro atoms. The topological polar surface area (TPSA) is 117 Å². The van der Waals surface area contributed by atoms with Gasteiger partial charge in [0.25, 0.3) is 0 Å². The molecule has 3 rings (SSSR count). The van der Waals surface area contributed by atoms with Crippen LogP contribution in [0.15, 0.2) is 47.9 Å². The molecule has 0 saturated carbocycles. The van der Waals surface area contributed by atoms with Crippen LogP contribution >= 0.6 is 0 Å². The maximum Gasteiger partial charge on any atom is 0.220 e. The smallest absolute Gasteiger partial charge is 0.220 e. The minimum Gasteiger partial charge on any atom is -0.493 e. The number of fused-ring (bicyclic) bond motifs is 1. The number of benzene rings is 1. The third kappa shape index (κ3) is 5.62. The minimum absolute atomic E-state index is 0.122. The van der Waals surface area contributed by atoms with Crippen molar-refractivity contribution in [2.24, 2.45) is 5.14 Å². The van der Waals surface area contributed by atoms with Crippen LogP contribution in [0.1, 0.15) is 26.2 Å². The van der Waals surface area contributed by atoms with E-state index >= 15 is 0 Å². The van der Waals surface area contributed by atoms with Crippen LogP contribution < -0.4 is 9.88 Å². The molecule has 1 aromatic carbocycles. The number of hydrogen-bond acceptors (Lipinski definition) is 6. The first-order chi connectivity index (χ1) is 13.9. The molecule has 0 bridgehead atoms. The maximum absolute atomic E-state index is 12.4. The molecule has 156 valence electrons. The van der Waals surface area contributed by atoms with E-state index < -0.39 is 20.8 Å². The van der Waals surface area contributed by atoms with Crippen LogP contribution in [-0.2, 0) is 20.8 Å². The fraction of sp³-hybridized carbons (Fsp3) is 0.368. The molecule has 2 N–H and O–H groups in total. The van der Waals surface area contributed by atoms with Gasteiger partial charge in [-0.1, -0.05) is 19.4 Å². The summed E-state index contributed by atoms with van der Waals surface area (Å²) in [6.07, 6.45) is 5.62. The molecule has 0 aliphatic carbocycles. The van der Waals surface area contributed by atoms with Crippen LogP contribution in [-0.4, -0.2) is 45.3 Å². The average molecular weight is 437 g/mol. The molecule has 0 fully saturated rings. The van der Waals surface area contributed by atoms with Gasteiger partial charge in [-0.05, 0) is 37.1 Å². The van der Waals surface area contributed by atoms with Gasteiger partial charge in [0.15, 0.2) is 0 Å². The molecule has 0 radical (unpaired) electrons. The van der Waals surface area contributed by atoms with Crippen molar-refractivity contribution in [2.45, 2.75) is 31.3 Å². The van der Waals surface area contributed by atoms with Crippen LogP contribution in [0.25, 0.3) is 16.7 Å². The lowest BCUT2D eigenvalue weighted by Crippen LogP contribution is -2.18. The molecule has 0 saturated heterocycles. The van der Waals surface area contributed by atoms with Gasteiger partial charge in [-0.25, -0.2) is 23.5 Å². The lowest BCUT2D eigenvalue weighted by atomic mass is 10.2. The molecule has 1 unspecified atom stereocenters. The van der Waals surface area contributed by atoms with Gasteiger partial charge in [-0.3, -0.25) is 4.21 Å². The molecule has 2 heterocycles. The Labute approximate surface area is 172 Å². The van der Waals surface area contributed by atoms with Gasteiger partial charge in [0.2, 0.25) is 15.2 Å². The molecule has 10 heteroatoms. The van der Waals surface area contributed by atoms with Gasteiger partial charge in [0, 0.05) is 23.5 Å². The van der Waals surface area contributed by atoms with Crippen molar-refractivity contribution in [1.82, 2.24) is 14.5 Å². The number of aromatic nitrogens is 3. The summed E-state index contributed by atoms with van der Waals surface area (Å²) in [5.41, 5.74) is 0.873. The molecular formula is C19H24N4O4S2. The Morgan fingerprint density at radius 2 is 2.03 bits per heavy atom. The van der Waals surface area contributed by atoms with Gasteiger partial charge < -0.3 is 9.30 Å². The number of rotatable bonds is 10. The highest BCUT2D eigenvalue weighted by molar-refractivity contribution is 7.89. The Bertz CT molecular complexity index is 1110. The molecule has 0 aliphatic heterocycles. The summed E-state index contributed by atoms with van der Waals surface area (Å²) in [5, 5.41) is 6.21. The van der Waals surface area contributed by atoms with Gasteiger partial charge in [-0.2, -0.15) is 0 Å². The van der Waals surface area contributed by atoms with Crippen molar-refractivity contribution in [3.8, 4) is 11.6 Å². The van der Waals surface area contributed by atoms with Crippen LogP contribution in [0.5, 0.6) is 5.75 Å². The third-order valence-corrected chi connectivity index (χ3v) is 6.40. The molecular weight excluding hydrogens is 412 g/mol. The van der Waals surface area contributed by atoms with E-state index in [0.29, 0.717) is 28.9 Å². The molecule has 0 aliphatic rings. The summed E-state index contributed by atoms with van der Waals surface area (Å²) >= 11 is 0. The quantitative estimate of drug-likeness (QED) is 0.385. The zero-order valence-electron chi connectivity index (χ0n) is 16.2. The molecule has 2 aromatic heterocycles. The normalized spacial score (nSPS) is 12.9. The van der Waals surface area contributed by atoms with Gasteiger partial charge in [0.1, 0.15) is 11.6 Å². The second kappa shape index (κ2) is 9.47. The Kier molecular flexibility index (Phi) is 6.99. The third-order valence-electron chi connectivity index (χ3n) is 4.28. The van der Waals surface area contributed by atoms with E-state index in [1.807, 2.05) is 35.0 Å². The summed E-state index contributed by atoms with van der Waals surface area (Å²) in [4.78, 5) is 8.64. The van der Waals surface area contributed by atoms with Crippen molar-refractivity contribution in [3.63, 3.8) is 0 Å². The Morgan fingerprint density at radius 3 is 2.79 bits per heavy atom. The monoisotopic (exact) mass is 436 g/mol. The SMILES string of the molecule is CCCCS(=O)c1nccc(-n2ccc3c(OCCCS(N)(=O)=O)cccc32)n1. The van der Waals surface area contributed by atoms with E-state index in [9.17, 15) is 12.6 Å². The fourth-order valence-corrected chi connectivity index (χ4v) is 4.48. The standard InChI is InChI=1S/C19H24N4O4S2/c1-2-3-13-28(24)19-21-10-8-18(22-19)23-11-9-15-16(23)6-4-7-17(15)27-12-5-14-29(20,25)26/h4,6-11H,2-3,5,12-14H2,1H3,(H2,20,25,26).